The highest BCUT2D eigenvalue weighted by Crippen LogP contribution is 2.35. The number of methoxy groups -OCH3 is 1. The molecule has 2 rings (SSSR count). The van der Waals surface area contributed by atoms with Gasteiger partial charge in [0, 0.05) is 5.54 Å². The van der Waals surface area contributed by atoms with Crippen molar-refractivity contribution < 1.29 is 4.74 Å². The number of hydrogen-bond donors (Lipinski definition) is 1. The van der Waals surface area contributed by atoms with Crippen molar-refractivity contribution in [3.8, 4) is 5.75 Å². The van der Waals surface area contributed by atoms with Crippen molar-refractivity contribution in [3.63, 3.8) is 0 Å². The van der Waals surface area contributed by atoms with E-state index in [1.54, 1.807) is 7.11 Å². The highest BCUT2D eigenvalue weighted by molar-refractivity contribution is 5.27. The van der Waals surface area contributed by atoms with Crippen molar-refractivity contribution in [1.29, 1.82) is 0 Å². The van der Waals surface area contributed by atoms with Gasteiger partial charge in [0.1, 0.15) is 5.75 Å². The van der Waals surface area contributed by atoms with Gasteiger partial charge in [0.25, 0.3) is 0 Å². The summed E-state index contributed by atoms with van der Waals surface area (Å²) in [5, 5.41) is 3.69. The summed E-state index contributed by atoms with van der Waals surface area (Å²) in [4.78, 5) is 0. The summed E-state index contributed by atoms with van der Waals surface area (Å²) >= 11 is 0. The average molecular weight is 289 g/mol. The van der Waals surface area contributed by atoms with Gasteiger partial charge in [-0.15, -0.1) is 0 Å². The van der Waals surface area contributed by atoms with Crippen LogP contribution in [0, 0.1) is 11.8 Å². The first-order valence-electron chi connectivity index (χ1n) is 8.36. The highest BCUT2D eigenvalue weighted by Gasteiger charge is 2.27. The van der Waals surface area contributed by atoms with Crippen molar-refractivity contribution in [2.45, 2.75) is 58.4 Å². The zero-order valence-corrected chi connectivity index (χ0v) is 14.1. The van der Waals surface area contributed by atoms with Crippen LogP contribution in [0.3, 0.4) is 0 Å². The predicted molar refractivity (Wildman–Crippen MR) is 89.9 cm³/mol. The standard InChI is InChI=1S/C19H31NO/c1-19(2,3)20-14-17-7-5-6-16(17)11-8-15-9-12-18(21-4)13-10-15/h9-10,12-13,16-17,20H,5-8,11,14H2,1-4H3. The van der Waals surface area contributed by atoms with Crippen LogP contribution in [0.5, 0.6) is 5.75 Å². The number of hydrogen-bond acceptors (Lipinski definition) is 2. The minimum Gasteiger partial charge on any atom is -0.497 e. The molecule has 118 valence electrons. The molecule has 2 nitrogen and oxygen atoms in total. The Morgan fingerprint density at radius 1 is 1.10 bits per heavy atom. The minimum atomic E-state index is 0.239. The molecule has 1 fully saturated rings. The van der Waals surface area contributed by atoms with E-state index in [1.807, 2.05) is 0 Å². The molecule has 21 heavy (non-hydrogen) atoms. The summed E-state index contributed by atoms with van der Waals surface area (Å²) in [5.41, 5.74) is 1.67. The van der Waals surface area contributed by atoms with E-state index in [-0.39, 0.29) is 5.54 Å². The molecule has 0 saturated heterocycles. The van der Waals surface area contributed by atoms with Gasteiger partial charge in [-0.05, 0) is 76.1 Å². The molecule has 0 heterocycles. The molecule has 1 aliphatic carbocycles. The van der Waals surface area contributed by atoms with Crippen LogP contribution in [0.15, 0.2) is 24.3 Å². The van der Waals surface area contributed by atoms with Crippen LogP contribution in [0.1, 0.15) is 52.0 Å². The zero-order chi connectivity index (χ0) is 15.3. The SMILES string of the molecule is COc1ccc(CCC2CCCC2CNC(C)(C)C)cc1. The van der Waals surface area contributed by atoms with Crippen LogP contribution >= 0.6 is 0 Å². The second-order valence-corrected chi connectivity index (χ2v) is 7.47. The van der Waals surface area contributed by atoms with Gasteiger partial charge in [0.15, 0.2) is 0 Å². The lowest BCUT2D eigenvalue weighted by Crippen LogP contribution is -2.39. The first kappa shape index (κ1) is 16.4. The molecule has 0 amide bonds. The van der Waals surface area contributed by atoms with Crippen LogP contribution < -0.4 is 10.1 Å². The second kappa shape index (κ2) is 7.31. The Morgan fingerprint density at radius 3 is 2.38 bits per heavy atom. The van der Waals surface area contributed by atoms with Crippen molar-refractivity contribution >= 4 is 0 Å². The summed E-state index contributed by atoms with van der Waals surface area (Å²) in [6.07, 6.45) is 6.73. The highest BCUT2D eigenvalue weighted by atomic mass is 16.5. The summed E-state index contributed by atoms with van der Waals surface area (Å²) < 4.78 is 5.22. The van der Waals surface area contributed by atoms with Crippen molar-refractivity contribution in [2.75, 3.05) is 13.7 Å². The molecule has 1 aliphatic rings. The van der Waals surface area contributed by atoms with Crippen LogP contribution in [0.25, 0.3) is 0 Å². The number of rotatable bonds is 6. The Balaban J connectivity index is 1.80. The Kier molecular flexibility index (Phi) is 5.69. The Hall–Kier alpha value is -1.02. The van der Waals surface area contributed by atoms with Crippen molar-refractivity contribution in [1.82, 2.24) is 5.32 Å². The average Bonchev–Trinajstić information content (AvgIpc) is 2.90. The van der Waals surface area contributed by atoms with Crippen LogP contribution in [-0.2, 0) is 6.42 Å². The molecule has 0 radical (unpaired) electrons. The maximum Gasteiger partial charge on any atom is 0.118 e. The van der Waals surface area contributed by atoms with E-state index in [9.17, 15) is 0 Å². The molecule has 0 spiro atoms. The normalized spacial score (nSPS) is 22.5. The molecule has 2 heteroatoms. The largest absolute Gasteiger partial charge is 0.497 e. The van der Waals surface area contributed by atoms with E-state index < -0.39 is 0 Å². The van der Waals surface area contributed by atoms with E-state index in [1.165, 1.54) is 44.2 Å². The molecule has 2 unspecified atom stereocenters. The molecule has 2 atom stereocenters. The van der Waals surface area contributed by atoms with Gasteiger partial charge < -0.3 is 10.1 Å². The smallest absolute Gasteiger partial charge is 0.118 e. The van der Waals surface area contributed by atoms with Gasteiger partial charge in [-0.2, -0.15) is 0 Å². The minimum absolute atomic E-state index is 0.239. The van der Waals surface area contributed by atoms with Gasteiger partial charge in [0.2, 0.25) is 0 Å². The molecule has 0 bridgehead atoms. The van der Waals surface area contributed by atoms with E-state index in [0.717, 1.165) is 17.6 Å². The van der Waals surface area contributed by atoms with Crippen LogP contribution in [-0.4, -0.2) is 19.2 Å². The Labute approximate surface area is 130 Å². The lowest BCUT2D eigenvalue weighted by Gasteiger charge is -2.26. The van der Waals surface area contributed by atoms with Crippen molar-refractivity contribution in [3.05, 3.63) is 29.8 Å². The molecule has 1 N–H and O–H groups in total. The zero-order valence-electron chi connectivity index (χ0n) is 14.1. The lowest BCUT2D eigenvalue weighted by molar-refractivity contribution is 0.307. The summed E-state index contributed by atoms with van der Waals surface area (Å²) in [7, 11) is 1.72. The topological polar surface area (TPSA) is 21.3 Å². The number of ether oxygens (including phenoxy) is 1. The molecule has 1 aromatic rings. The van der Waals surface area contributed by atoms with Gasteiger partial charge in [-0.25, -0.2) is 0 Å². The number of benzene rings is 1. The monoisotopic (exact) mass is 289 g/mol. The summed E-state index contributed by atoms with van der Waals surface area (Å²) in [5.74, 6) is 2.70. The summed E-state index contributed by atoms with van der Waals surface area (Å²) in [6.45, 7) is 7.95. The third-order valence-electron chi connectivity index (χ3n) is 4.67. The number of aryl methyl sites for hydroxylation is 1. The fourth-order valence-corrected chi connectivity index (χ4v) is 3.34. The van der Waals surface area contributed by atoms with Gasteiger partial charge in [-0.1, -0.05) is 25.0 Å². The van der Waals surface area contributed by atoms with E-state index >= 15 is 0 Å². The number of nitrogens with one attached hydrogen (secondary N) is 1. The fourth-order valence-electron chi connectivity index (χ4n) is 3.34. The van der Waals surface area contributed by atoms with E-state index in [4.69, 9.17) is 4.74 Å². The molecule has 1 saturated carbocycles. The van der Waals surface area contributed by atoms with E-state index in [0.29, 0.717) is 0 Å². The van der Waals surface area contributed by atoms with Gasteiger partial charge in [-0.3, -0.25) is 0 Å². The second-order valence-electron chi connectivity index (χ2n) is 7.47. The third-order valence-corrected chi connectivity index (χ3v) is 4.67. The fraction of sp³-hybridized carbons (Fsp3) is 0.684. The molecule has 0 aliphatic heterocycles. The maximum absolute atomic E-state index is 5.22. The first-order chi connectivity index (χ1) is 9.98. The van der Waals surface area contributed by atoms with Gasteiger partial charge in [0.05, 0.1) is 7.11 Å². The molecule has 1 aromatic carbocycles. The lowest BCUT2D eigenvalue weighted by atomic mass is 9.89. The van der Waals surface area contributed by atoms with Gasteiger partial charge >= 0.3 is 0 Å². The molecular weight excluding hydrogens is 258 g/mol. The third kappa shape index (κ3) is 5.35. The van der Waals surface area contributed by atoms with E-state index in [2.05, 4.69) is 50.4 Å². The molecular formula is C19H31NO. The maximum atomic E-state index is 5.22. The van der Waals surface area contributed by atoms with Crippen LogP contribution in [0.4, 0.5) is 0 Å². The predicted octanol–water partition coefficient (Wildman–Crippen LogP) is 4.43. The Morgan fingerprint density at radius 2 is 1.76 bits per heavy atom. The summed E-state index contributed by atoms with van der Waals surface area (Å²) in [6, 6.07) is 8.55. The van der Waals surface area contributed by atoms with Crippen molar-refractivity contribution in [2.24, 2.45) is 11.8 Å². The Bertz CT molecular complexity index is 418. The molecule has 0 aromatic heterocycles. The van der Waals surface area contributed by atoms with Crippen LogP contribution in [0.2, 0.25) is 0 Å². The first-order valence-corrected chi connectivity index (χ1v) is 8.36. The quantitative estimate of drug-likeness (QED) is 0.836.